The molecule has 6 N–H and O–H groups in total. The highest BCUT2D eigenvalue weighted by atomic mass is 16.7. The van der Waals surface area contributed by atoms with Crippen LogP contribution in [0.4, 0.5) is 0 Å². The van der Waals surface area contributed by atoms with E-state index in [1.54, 1.807) is 12.1 Å². The molecule has 2 aromatic rings. The predicted octanol–water partition coefficient (Wildman–Crippen LogP) is -0.614. The maximum Gasteiger partial charge on any atom is 0.339 e. The molecule has 1 aromatic carbocycles. The lowest BCUT2D eigenvalue weighted by molar-refractivity contribution is -0.436. The smallest absolute Gasteiger partial charge is 0.339 e. The third-order valence-corrected chi connectivity index (χ3v) is 3.90. The summed E-state index contributed by atoms with van der Waals surface area (Å²) in [7, 11) is 0. The van der Waals surface area contributed by atoms with E-state index >= 15 is 0 Å². The fraction of sp³-hybridized carbons (Fsp3) is 0.438. The predicted molar refractivity (Wildman–Crippen MR) is 83.2 cm³/mol. The SMILES string of the molecule is [NH3+]COCOc1cc(OCOC[NH3+])c2c3c(c(=O)oc2c1)CCC3. The van der Waals surface area contributed by atoms with Crippen molar-refractivity contribution in [3.05, 3.63) is 33.7 Å². The van der Waals surface area contributed by atoms with Gasteiger partial charge in [0.2, 0.25) is 0 Å². The first-order valence-electron chi connectivity index (χ1n) is 7.86. The van der Waals surface area contributed by atoms with Gasteiger partial charge in [0.15, 0.2) is 27.0 Å². The molecule has 0 amide bonds. The van der Waals surface area contributed by atoms with Crippen LogP contribution in [0.25, 0.3) is 11.0 Å². The standard InChI is InChI=1S/C16H20N2O6/c17-6-20-8-22-10-4-13(23-9-21-7-18)15-11-2-1-3-12(11)16(19)24-14(15)5-10/h4-5H,1-3,6-9,17-18H2/p+2. The largest absolute Gasteiger partial charge is 0.467 e. The zero-order chi connectivity index (χ0) is 16.9. The molecule has 1 aromatic heterocycles. The van der Waals surface area contributed by atoms with Crippen LogP contribution in [-0.4, -0.2) is 27.0 Å². The molecule has 3 rings (SSSR count). The average Bonchev–Trinajstić information content (AvgIpc) is 3.05. The number of hydrogen-bond donors (Lipinski definition) is 2. The Morgan fingerprint density at radius 3 is 2.46 bits per heavy atom. The van der Waals surface area contributed by atoms with E-state index in [1.165, 1.54) is 0 Å². The molecule has 8 nitrogen and oxygen atoms in total. The number of fused-ring (bicyclic) bond motifs is 3. The van der Waals surface area contributed by atoms with Crippen LogP contribution in [0.3, 0.4) is 0 Å². The van der Waals surface area contributed by atoms with Crippen molar-refractivity contribution in [2.24, 2.45) is 0 Å². The molecule has 0 saturated heterocycles. The van der Waals surface area contributed by atoms with Crippen LogP contribution >= 0.6 is 0 Å². The van der Waals surface area contributed by atoms with Crippen molar-refractivity contribution in [3.63, 3.8) is 0 Å². The highest BCUT2D eigenvalue weighted by molar-refractivity contribution is 5.89. The van der Waals surface area contributed by atoms with Crippen molar-refractivity contribution < 1.29 is 34.8 Å². The Labute approximate surface area is 138 Å². The maximum atomic E-state index is 12.2. The van der Waals surface area contributed by atoms with Crippen molar-refractivity contribution in [1.82, 2.24) is 0 Å². The Hall–Kier alpha value is -2.13. The quantitative estimate of drug-likeness (QED) is 0.376. The van der Waals surface area contributed by atoms with Crippen LogP contribution in [0.1, 0.15) is 17.5 Å². The third kappa shape index (κ3) is 3.36. The van der Waals surface area contributed by atoms with Crippen LogP contribution in [0.15, 0.2) is 21.3 Å². The molecule has 1 heterocycles. The Morgan fingerprint density at radius 1 is 1.00 bits per heavy atom. The van der Waals surface area contributed by atoms with E-state index in [2.05, 4.69) is 11.5 Å². The third-order valence-electron chi connectivity index (χ3n) is 3.90. The molecule has 1 aliphatic rings. The van der Waals surface area contributed by atoms with Gasteiger partial charge in [-0.25, -0.2) is 4.79 Å². The van der Waals surface area contributed by atoms with E-state index < -0.39 is 0 Å². The lowest BCUT2D eigenvalue weighted by Gasteiger charge is -2.13. The van der Waals surface area contributed by atoms with Crippen LogP contribution in [0, 0.1) is 0 Å². The van der Waals surface area contributed by atoms with E-state index in [-0.39, 0.29) is 19.2 Å². The first kappa shape index (κ1) is 16.7. The number of rotatable bonds is 8. The van der Waals surface area contributed by atoms with E-state index in [4.69, 9.17) is 23.4 Å². The van der Waals surface area contributed by atoms with Gasteiger partial charge in [-0.2, -0.15) is 0 Å². The zero-order valence-electron chi connectivity index (χ0n) is 13.5. The molecule has 0 spiro atoms. The lowest BCUT2D eigenvalue weighted by Crippen LogP contribution is -2.51. The Kier molecular flexibility index (Phi) is 5.31. The fourth-order valence-electron chi connectivity index (χ4n) is 2.88. The number of benzene rings is 1. The molecule has 0 radical (unpaired) electrons. The normalized spacial score (nSPS) is 13.2. The summed E-state index contributed by atoms with van der Waals surface area (Å²) in [5, 5.41) is 0.806. The fourth-order valence-corrected chi connectivity index (χ4v) is 2.88. The Bertz CT molecular complexity index is 773. The molecule has 0 fully saturated rings. The van der Waals surface area contributed by atoms with Gasteiger partial charge in [0, 0.05) is 17.7 Å². The van der Waals surface area contributed by atoms with Gasteiger partial charge in [-0.15, -0.1) is 0 Å². The number of quaternary nitrogens is 2. The monoisotopic (exact) mass is 338 g/mol. The molecule has 0 aliphatic heterocycles. The highest BCUT2D eigenvalue weighted by Crippen LogP contribution is 2.37. The first-order valence-corrected chi connectivity index (χ1v) is 7.86. The molecule has 24 heavy (non-hydrogen) atoms. The molecule has 8 heteroatoms. The minimum absolute atomic E-state index is 0.0546. The second-order valence-corrected chi connectivity index (χ2v) is 5.34. The molecular formula is C16H22N2O6+2. The summed E-state index contributed by atoms with van der Waals surface area (Å²) in [6.07, 6.45) is 2.50. The molecule has 0 atom stereocenters. The maximum absolute atomic E-state index is 12.2. The van der Waals surface area contributed by atoms with Crippen molar-refractivity contribution in [3.8, 4) is 11.5 Å². The summed E-state index contributed by atoms with van der Waals surface area (Å²) in [5.41, 5.74) is 9.06. The van der Waals surface area contributed by atoms with Gasteiger partial charge in [0.05, 0.1) is 5.39 Å². The van der Waals surface area contributed by atoms with Crippen molar-refractivity contribution in [2.75, 3.05) is 27.0 Å². The molecule has 0 saturated carbocycles. The molecule has 0 unspecified atom stereocenters. The zero-order valence-corrected chi connectivity index (χ0v) is 13.5. The molecular weight excluding hydrogens is 316 g/mol. The van der Waals surface area contributed by atoms with E-state index in [9.17, 15) is 4.79 Å². The van der Waals surface area contributed by atoms with Crippen LogP contribution < -0.4 is 26.6 Å². The minimum Gasteiger partial charge on any atom is -0.467 e. The van der Waals surface area contributed by atoms with Gasteiger partial charge < -0.3 is 25.4 Å². The van der Waals surface area contributed by atoms with E-state index in [1.807, 2.05) is 0 Å². The summed E-state index contributed by atoms with van der Waals surface area (Å²) in [6.45, 7) is 0.722. The summed E-state index contributed by atoms with van der Waals surface area (Å²) >= 11 is 0. The number of ether oxygens (including phenoxy) is 4. The summed E-state index contributed by atoms with van der Waals surface area (Å²) in [4.78, 5) is 12.2. The summed E-state index contributed by atoms with van der Waals surface area (Å²) in [6, 6.07) is 3.43. The van der Waals surface area contributed by atoms with E-state index in [0.717, 1.165) is 35.8 Å². The van der Waals surface area contributed by atoms with Gasteiger partial charge in [-0.3, -0.25) is 9.47 Å². The Morgan fingerprint density at radius 2 is 1.71 bits per heavy atom. The van der Waals surface area contributed by atoms with Gasteiger partial charge in [-0.05, 0) is 24.8 Å². The van der Waals surface area contributed by atoms with Crippen molar-refractivity contribution in [1.29, 1.82) is 0 Å². The summed E-state index contributed by atoms with van der Waals surface area (Å²) in [5.74, 6) is 1.05. The van der Waals surface area contributed by atoms with Crippen LogP contribution in [-0.2, 0) is 22.3 Å². The molecule has 1 aliphatic carbocycles. The molecule has 130 valence electrons. The van der Waals surface area contributed by atoms with Gasteiger partial charge >= 0.3 is 5.63 Å². The van der Waals surface area contributed by atoms with Crippen molar-refractivity contribution >= 4 is 11.0 Å². The summed E-state index contributed by atoms with van der Waals surface area (Å²) < 4.78 is 26.9. The van der Waals surface area contributed by atoms with Crippen LogP contribution in [0.2, 0.25) is 0 Å². The molecule has 0 bridgehead atoms. The first-order chi connectivity index (χ1) is 11.7. The van der Waals surface area contributed by atoms with Crippen LogP contribution in [0.5, 0.6) is 11.5 Å². The Balaban J connectivity index is 2.04. The second-order valence-electron chi connectivity index (χ2n) is 5.34. The lowest BCUT2D eigenvalue weighted by atomic mass is 10.1. The van der Waals surface area contributed by atoms with Gasteiger partial charge in [0.25, 0.3) is 0 Å². The van der Waals surface area contributed by atoms with Gasteiger partial charge in [-0.1, -0.05) is 0 Å². The number of hydrogen-bond acceptors (Lipinski definition) is 6. The van der Waals surface area contributed by atoms with E-state index in [0.29, 0.717) is 30.5 Å². The highest BCUT2D eigenvalue weighted by Gasteiger charge is 2.23. The van der Waals surface area contributed by atoms with Crippen molar-refractivity contribution in [2.45, 2.75) is 19.3 Å². The average molecular weight is 338 g/mol. The van der Waals surface area contributed by atoms with Gasteiger partial charge in [0.1, 0.15) is 17.1 Å². The second kappa shape index (κ2) is 7.63. The minimum atomic E-state index is -0.291. The topological polar surface area (TPSA) is 122 Å². The number of aryl methyl sites for hydroxylation is 1.